The average Bonchev–Trinajstić information content (AvgIpc) is 3.05. The van der Waals surface area contributed by atoms with Crippen LogP contribution in [0.3, 0.4) is 0 Å². The van der Waals surface area contributed by atoms with E-state index in [-0.39, 0.29) is 11.1 Å². The molecule has 2 saturated heterocycles. The predicted octanol–water partition coefficient (Wildman–Crippen LogP) is 1.33. The van der Waals surface area contributed by atoms with Gasteiger partial charge >= 0.3 is 0 Å². The summed E-state index contributed by atoms with van der Waals surface area (Å²) < 4.78 is 0. The number of likely N-dealkylation sites (N-methyl/N-ethyl adjacent to an activating group) is 3. The zero-order valence-electron chi connectivity index (χ0n) is 18.2. The summed E-state index contributed by atoms with van der Waals surface area (Å²) >= 11 is 0.905. The van der Waals surface area contributed by atoms with Crippen LogP contribution in [0.4, 0.5) is 16.6 Å². The van der Waals surface area contributed by atoms with Crippen LogP contribution in [0.15, 0.2) is 11.0 Å². The number of carbonyl (C=O) groups is 2. The summed E-state index contributed by atoms with van der Waals surface area (Å²) in [6, 6.07) is 1.90. The van der Waals surface area contributed by atoms with Gasteiger partial charge in [0, 0.05) is 52.4 Å². The lowest BCUT2D eigenvalue weighted by atomic mass is 10.3. The molecule has 2 aliphatic rings. The van der Waals surface area contributed by atoms with Crippen molar-refractivity contribution in [2.75, 3.05) is 76.3 Å². The molecule has 0 atom stereocenters. The zero-order valence-corrected chi connectivity index (χ0v) is 19.0. The number of nitrogens with zero attached hydrogens (tertiary/aromatic N) is 6. The van der Waals surface area contributed by atoms with Gasteiger partial charge in [-0.05, 0) is 38.0 Å². The molecule has 2 amide bonds. The lowest BCUT2D eigenvalue weighted by molar-refractivity contribution is -0.115. The highest BCUT2D eigenvalue weighted by Gasteiger charge is 2.26. The van der Waals surface area contributed by atoms with Crippen molar-refractivity contribution >= 4 is 40.8 Å². The Kier molecular flexibility index (Phi) is 7.68. The Hall–Kier alpha value is -2.17. The number of imide groups is 1. The summed E-state index contributed by atoms with van der Waals surface area (Å²) in [4.78, 5) is 42.3. The van der Waals surface area contributed by atoms with Gasteiger partial charge in [0.25, 0.3) is 11.1 Å². The molecule has 0 radical (unpaired) electrons. The third kappa shape index (κ3) is 5.71. The molecular formula is C20H31N7O2S. The van der Waals surface area contributed by atoms with Gasteiger partial charge in [-0.1, -0.05) is 13.8 Å². The van der Waals surface area contributed by atoms with Gasteiger partial charge in [-0.25, -0.2) is 4.98 Å². The number of rotatable bonds is 8. The van der Waals surface area contributed by atoms with E-state index in [0.29, 0.717) is 16.5 Å². The van der Waals surface area contributed by atoms with Crippen LogP contribution in [-0.2, 0) is 4.79 Å². The number of carbonyl (C=O) groups excluding carboxylic acids is 2. The van der Waals surface area contributed by atoms with Gasteiger partial charge in [-0.3, -0.25) is 14.9 Å². The second-order valence-corrected chi connectivity index (χ2v) is 8.56. The summed E-state index contributed by atoms with van der Waals surface area (Å²) in [6.07, 6.45) is 1.67. The normalized spacial score (nSPS) is 19.1. The molecule has 30 heavy (non-hydrogen) atoms. The van der Waals surface area contributed by atoms with Crippen molar-refractivity contribution in [2.24, 2.45) is 0 Å². The van der Waals surface area contributed by atoms with Crippen molar-refractivity contribution in [1.82, 2.24) is 25.1 Å². The van der Waals surface area contributed by atoms with Crippen LogP contribution in [0.5, 0.6) is 0 Å². The van der Waals surface area contributed by atoms with Gasteiger partial charge in [0.1, 0.15) is 5.82 Å². The molecule has 1 aromatic rings. The molecule has 0 unspecified atom stereocenters. The Bertz CT molecular complexity index is 804. The molecule has 0 aliphatic carbocycles. The molecule has 0 bridgehead atoms. The van der Waals surface area contributed by atoms with Crippen LogP contribution in [0.1, 0.15) is 19.5 Å². The first kappa shape index (κ1) is 22.5. The number of nitrogens with one attached hydrogen (secondary N) is 1. The minimum Gasteiger partial charge on any atom is -0.354 e. The summed E-state index contributed by atoms with van der Waals surface area (Å²) in [5.74, 6) is 1.10. The largest absolute Gasteiger partial charge is 0.354 e. The Morgan fingerprint density at radius 1 is 1.13 bits per heavy atom. The molecule has 10 heteroatoms. The highest BCUT2D eigenvalue weighted by Crippen LogP contribution is 2.27. The molecular weight excluding hydrogens is 402 g/mol. The van der Waals surface area contributed by atoms with Crippen LogP contribution in [0, 0.1) is 0 Å². The van der Waals surface area contributed by atoms with Crippen LogP contribution >= 0.6 is 11.8 Å². The van der Waals surface area contributed by atoms with E-state index in [1.54, 1.807) is 6.08 Å². The molecule has 0 aromatic carbocycles. The maximum Gasteiger partial charge on any atom is 0.290 e. The second-order valence-electron chi connectivity index (χ2n) is 7.54. The van der Waals surface area contributed by atoms with E-state index in [4.69, 9.17) is 4.98 Å². The Morgan fingerprint density at radius 3 is 2.43 bits per heavy atom. The van der Waals surface area contributed by atoms with Crippen molar-refractivity contribution in [3.8, 4) is 0 Å². The number of aromatic nitrogens is 2. The van der Waals surface area contributed by atoms with Crippen molar-refractivity contribution < 1.29 is 9.59 Å². The summed E-state index contributed by atoms with van der Waals surface area (Å²) in [5.41, 5.74) is 0.635. The second kappa shape index (κ2) is 10.2. The summed E-state index contributed by atoms with van der Waals surface area (Å²) in [6.45, 7) is 11.8. The lowest BCUT2D eigenvalue weighted by Crippen LogP contribution is -2.45. The molecule has 2 fully saturated rings. The maximum absolute atomic E-state index is 12.0. The molecule has 3 rings (SSSR count). The Morgan fingerprint density at radius 2 is 1.83 bits per heavy atom. The van der Waals surface area contributed by atoms with E-state index >= 15 is 0 Å². The maximum atomic E-state index is 12.0. The first-order valence-corrected chi connectivity index (χ1v) is 11.2. The number of thioether (sulfide) groups is 1. The minimum absolute atomic E-state index is 0.351. The number of piperazine rings is 1. The van der Waals surface area contributed by atoms with Gasteiger partial charge < -0.3 is 19.6 Å². The van der Waals surface area contributed by atoms with Crippen molar-refractivity contribution in [2.45, 2.75) is 13.8 Å². The standard InChI is InChI=1S/C20H31N7O2S/c1-5-26(6-2)10-9-25(4)19-21-15(13-16-18(28)23-20(29)30-16)14-17(22-19)27-11-7-24(3)8-12-27/h13-14H,5-12H2,1-4H3,(H,23,28,29)/b16-13+. The fourth-order valence-corrected chi connectivity index (χ4v) is 4.04. The van der Waals surface area contributed by atoms with E-state index in [2.05, 4.69) is 45.9 Å². The van der Waals surface area contributed by atoms with E-state index in [1.807, 2.05) is 18.0 Å². The number of hydrogen-bond donors (Lipinski definition) is 1. The number of amides is 2. The fraction of sp³-hybridized carbons (Fsp3) is 0.600. The van der Waals surface area contributed by atoms with Crippen molar-refractivity contribution in [3.63, 3.8) is 0 Å². The van der Waals surface area contributed by atoms with Crippen LogP contribution in [0.25, 0.3) is 6.08 Å². The van der Waals surface area contributed by atoms with Crippen molar-refractivity contribution in [3.05, 3.63) is 16.7 Å². The monoisotopic (exact) mass is 433 g/mol. The zero-order chi connectivity index (χ0) is 21.7. The van der Waals surface area contributed by atoms with Crippen LogP contribution < -0.4 is 15.1 Å². The molecule has 0 saturated carbocycles. The van der Waals surface area contributed by atoms with Crippen LogP contribution in [0.2, 0.25) is 0 Å². The SMILES string of the molecule is CCN(CC)CCN(C)c1nc(/C=C2/SC(=O)NC2=O)cc(N2CCN(C)CC2)n1. The average molecular weight is 434 g/mol. The number of anilines is 2. The van der Waals surface area contributed by atoms with Gasteiger partial charge in [-0.2, -0.15) is 4.98 Å². The van der Waals surface area contributed by atoms with E-state index in [0.717, 1.165) is 69.9 Å². The van der Waals surface area contributed by atoms with Crippen LogP contribution in [-0.4, -0.2) is 97.4 Å². The summed E-state index contributed by atoms with van der Waals surface area (Å²) in [5, 5.41) is 1.94. The highest BCUT2D eigenvalue weighted by atomic mass is 32.2. The van der Waals surface area contributed by atoms with E-state index in [9.17, 15) is 9.59 Å². The highest BCUT2D eigenvalue weighted by molar-refractivity contribution is 8.18. The molecule has 3 heterocycles. The molecule has 1 N–H and O–H groups in total. The van der Waals surface area contributed by atoms with E-state index < -0.39 is 0 Å². The minimum atomic E-state index is -0.374. The Labute approximate surface area is 182 Å². The van der Waals surface area contributed by atoms with Gasteiger partial charge in [0.2, 0.25) is 5.95 Å². The van der Waals surface area contributed by atoms with E-state index in [1.165, 1.54) is 0 Å². The third-order valence-corrected chi connectivity index (χ3v) is 6.27. The third-order valence-electron chi connectivity index (χ3n) is 5.46. The first-order chi connectivity index (χ1) is 14.4. The fourth-order valence-electron chi connectivity index (χ4n) is 3.37. The predicted molar refractivity (Wildman–Crippen MR) is 122 cm³/mol. The molecule has 9 nitrogen and oxygen atoms in total. The topological polar surface area (TPSA) is 84.9 Å². The quantitative estimate of drug-likeness (QED) is 0.610. The first-order valence-electron chi connectivity index (χ1n) is 10.4. The Balaban J connectivity index is 1.87. The molecule has 2 aliphatic heterocycles. The van der Waals surface area contributed by atoms with Gasteiger partial charge in [0.05, 0.1) is 10.6 Å². The smallest absolute Gasteiger partial charge is 0.290 e. The molecule has 164 valence electrons. The summed E-state index contributed by atoms with van der Waals surface area (Å²) in [7, 11) is 4.11. The van der Waals surface area contributed by atoms with Gasteiger partial charge in [-0.15, -0.1) is 0 Å². The lowest BCUT2D eigenvalue weighted by Gasteiger charge is -2.33. The molecule has 1 aromatic heterocycles. The molecule has 0 spiro atoms. The van der Waals surface area contributed by atoms with Crippen molar-refractivity contribution in [1.29, 1.82) is 0 Å². The number of hydrogen-bond acceptors (Lipinski definition) is 9. The van der Waals surface area contributed by atoms with Gasteiger partial charge in [0.15, 0.2) is 0 Å².